The number of carbonyl (C=O) groups is 3. The Labute approximate surface area is 121 Å². The van der Waals surface area contributed by atoms with Gasteiger partial charge in [-0.2, -0.15) is 0 Å². The zero-order valence-corrected chi connectivity index (χ0v) is 11.5. The van der Waals surface area contributed by atoms with Crippen molar-refractivity contribution in [3.05, 3.63) is 24.3 Å². The molecule has 1 aromatic carbocycles. The number of carbonyl (C=O) groups excluding carboxylic acids is 2. The van der Waals surface area contributed by atoms with E-state index in [-0.39, 0.29) is 12.5 Å². The highest BCUT2D eigenvalue weighted by molar-refractivity contribution is 5.89. The van der Waals surface area contributed by atoms with Gasteiger partial charge in [-0.15, -0.1) is 0 Å². The zero-order valence-electron chi connectivity index (χ0n) is 11.5. The first-order valence-corrected chi connectivity index (χ1v) is 6.17. The van der Waals surface area contributed by atoms with Crippen molar-refractivity contribution in [2.24, 2.45) is 5.73 Å². The summed E-state index contributed by atoms with van der Waals surface area (Å²) < 4.78 is 4.96. The van der Waals surface area contributed by atoms with Crippen molar-refractivity contribution in [2.75, 3.05) is 11.9 Å². The van der Waals surface area contributed by atoms with Crippen molar-refractivity contribution in [3.63, 3.8) is 0 Å². The molecule has 0 aliphatic rings. The van der Waals surface area contributed by atoms with Gasteiger partial charge in [-0.1, -0.05) is 0 Å². The number of anilines is 1. The summed E-state index contributed by atoms with van der Waals surface area (Å²) in [5.41, 5.74) is 5.52. The molecule has 1 rings (SSSR count). The number of benzene rings is 1. The average Bonchev–Trinajstić information content (AvgIpc) is 2.36. The summed E-state index contributed by atoms with van der Waals surface area (Å²) in [6.07, 6.45) is 0.0510. The molecular weight excluding hydrogens is 278 g/mol. The van der Waals surface area contributed by atoms with Gasteiger partial charge in [0.2, 0.25) is 5.91 Å². The molecule has 3 amide bonds. The van der Waals surface area contributed by atoms with Gasteiger partial charge in [0.1, 0.15) is 5.75 Å². The molecule has 0 saturated carbocycles. The third-order valence-electron chi connectivity index (χ3n) is 2.36. The van der Waals surface area contributed by atoms with Crippen LogP contribution in [0, 0.1) is 0 Å². The van der Waals surface area contributed by atoms with Crippen LogP contribution in [-0.2, 0) is 9.59 Å². The standard InChI is InChI=1S/C13H17N3O5/c1-8(6-11(14)17)15-13(20)16-9-2-4-10(5-3-9)21-7-12(18)19/h2-5,8H,6-7H2,1H3,(H2,14,17)(H,18,19)(H2,15,16,20). The Morgan fingerprint density at radius 2 is 1.90 bits per heavy atom. The van der Waals surface area contributed by atoms with Gasteiger partial charge in [-0.25, -0.2) is 9.59 Å². The van der Waals surface area contributed by atoms with Gasteiger partial charge in [0, 0.05) is 18.2 Å². The minimum absolute atomic E-state index is 0.0510. The van der Waals surface area contributed by atoms with Crippen LogP contribution in [0.2, 0.25) is 0 Å². The number of hydrogen-bond donors (Lipinski definition) is 4. The van der Waals surface area contributed by atoms with Crippen LogP contribution in [-0.4, -0.2) is 35.7 Å². The van der Waals surface area contributed by atoms with Gasteiger partial charge in [-0.3, -0.25) is 4.79 Å². The number of aliphatic carboxylic acids is 1. The molecule has 0 spiro atoms. The minimum atomic E-state index is -1.07. The zero-order chi connectivity index (χ0) is 15.8. The van der Waals surface area contributed by atoms with Crippen LogP contribution in [0.15, 0.2) is 24.3 Å². The Balaban J connectivity index is 2.45. The first kappa shape index (κ1) is 16.3. The lowest BCUT2D eigenvalue weighted by atomic mass is 10.2. The number of nitrogens with one attached hydrogen (secondary N) is 2. The van der Waals surface area contributed by atoms with Crippen molar-refractivity contribution in [1.29, 1.82) is 0 Å². The SMILES string of the molecule is CC(CC(N)=O)NC(=O)Nc1ccc(OCC(=O)O)cc1. The summed E-state index contributed by atoms with van der Waals surface area (Å²) in [7, 11) is 0. The number of amides is 3. The molecule has 8 heteroatoms. The van der Waals surface area contributed by atoms with E-state index in [4.69, 9.17) is 15.6 Å². The third-order valence-corrected chi connectivity index (χ3v) is 2.36. The number of hydrogen-bond acceptors (Lipinski definition) is 4. The summed E-state index contributed by atoms with van der Waals surface area (Å²) in [5, 5.41) is 13.6. The van der Waals surface area contributed by atoms with Crippen LogP contribution in [0.1, 0.15) is 13.3 Å². The van der Waals surface area contributed by atoms with Crippen LogP contribution < -0.4 is 21.1 Å². The normalized spacial score (nSPS) is 11.3. The second kappa shape index (κ2) is 7.73. The lowest BCUT2D eigenvalue weighted by molar-refractivity contribution is -0.139. The van der Waals surface area contributed by atoms with E-state index >= 15 is 0 Å². The van der Waals surface area contributed by atoms with E-state index in [2.05, 4.69) is 10.6 Å². The lowest BCUT2D eigenvalue weighted by Gasteiger charge is -2.13. The molecule has 0 bridgehead atoms. The van der Waals surface area contributed by atoms with Crippen LogP contribution in [0.5, 0.6) is 5.75 Å². The Bertz CT molecular complexity index is 515. The van der Waals surface area contributed by atoms with E-state index in [0.29, 0.717) is 11.4 Å². The van der Waals surface area contributed by atoms with Gasteiger partial charge in [0.15, 0.2) is 6.61 Å². The predicted molar refractivity (Wildman–Crippen MR) is 75.0 cm³/mol. The van der Waals surface area contributed by atoms with E-state index in [0.717, 1.165) is 0 Å². The molecule has 5 N–H and O–H groups in total. The topological polar surface area (TPSA) is 131 Å². The van der Waals surface area contributed by atoms with E-state index in [1.165, 1.54) is 12.1 Å². The number of primary amides is 1. The highest BCUT2D eigenvalue weighted by atomic mass is 16.5. The van der Waals surface area contributed by atoms with Gasteiger partial charge < -0.3 is 26.2 Å². The van der Waals surface area contributed by atoms with Crippen LogP contribution >= 0.6 is 0 Å². The predicted octanol–water partition coefficient (Wildman–Crippen LogP) is 0.535. The number of nitrogens with two attached hydrogens (primary N) is 1. The number of carboxylic acids is 1. The molecule has 0 radical (unpaired) electrons. The first-order chi connectivity index (χ1) is 9.86. The summed E-state index contributed by atoms with van der Waals surface area (Å²) in [6, 6.07) is 5.35. The molecule has 114 valence electrons. The van der Waals surface area contributed by atoms with Gasteiger partial charge in [0.25, 0.3) is 0 Å². The van der Waals surface area contributed by atoms with Gasteiger partial charge in [-0.05, 0) is 31.2 Å². The average molecular weight is 295 g/mol. The Morgan fingerprint density at radius 3 is 2.43 bits per heavy atom. The van der Waals surface area contributed by atoms with Gasteiger partial charge >= 0.3 is 12.0 Å². The quantitative estimate of drug-likeness (QED) is 0.583. The van der Waals surface area contributed by atoms with E-state index in [1.54, 1.807) is 19.1 Å². The van der Waals surface area contributed by atoms with Crippen molar-refractivity contribution >= 4 is 23.6 Å². The third kappa shape index (κ3) is 6.81. The van der Waals surface area contributed by atoms with E-state index < -0.39 is 24.5 Å². The summed E-state index contributed by atoms with van der Waals surface area (Å²) in [5.74, 6) is -1.19. The van der Waals surface area contributed by atoms with Crippen LogP contribution in [0.4, 0.5) is 10.5 Å². The van der Waals surface area contributed by atoms with Crippen molar-refractivity contribution < 1.29 is 24.2 Å². The Hall–Kier alpha value is -2.77. The fourth-order valence-electron chi connectivity index (χ4n) is 1.52. The second-order valence-electron chi connectivity index (χ2n) is 4.38. The molecule has 1 atom stereocenters. The molecule has 0 saturated heterocycles. The van der Waals surface area contributed by atoms with Crippen LogP contribution in [0.25, 0.3) is 0 Å². The van der Waals surface area contributed by atoms with Crippen molar-refractivity contribution in [3.8, 4) is 5.75 Å². The van der Waals surface area contributed by atoms with Crippen molar-refractivity contribution in [2.45, 2.75) is 19.4 Å². The smallest absolute Gasteiger partial charge is 0.341 e. The molecule has 0 heterocycles. The molecule has 21 heavy (non-hydrogen) atoms. The largest absolute Gasteiger partial charge is 0.482 e. The minimum Gasteiger partial charge on any atom is -0.482 e. The highest BCUT2D eigenvalue weighted by Gasteiger charge is 2.09. The molecular formula is C13H17N3O5. The molecule has 0 aliphatic carbocycles. The molecule has 1 unspecified atom stereocenters. The van der Waals surface area contributed by atoms with Crippen molar-refractivity contribution in [1.82, 2.24) is 5.32 Å². The molecule has 0 fully saturated rings. The van der Waals surface area contributed by atoms with Crippen LogP contribution in [0.3, 0.4) is 0 Å². The lowest BCUT2D eigenvalue weighted by Crippen LogP contribution is -2.38. The molecule has 8 nitrogen and oxygen atoms in total. The maximum absolute atomic E-state index is 11.6. The van der Waals surface area contributed by atoms with Gasteiger partial charge in [0.05, 0.1) is 0 Å². The molecule has 1 aromatic rings. The Morgan fingerprint density at radius 1 is 1.29 bits per heavy atom. The highest BCUT2D eigenvalue weighted by Crippen LogP contribution is 2.15. The van der Waals surface area contributed by atoms with E-state index in [1.807, 2.05) is 0 Å². The second-order valence-corrected chi connectivity index (χ2v) is 4.38. The molecule has 0 aromatic heterocycles. The monoisotopic (exact) mass is 295 g/mol. The first-order valence-electron chi connectivity index (χ1n) is 6.17. The molecule has 0 aliphatic heterocycles. The summed E-state index contributed by atoms with van der Waals surface area (Å²) in [6.45, 7) is 1.23. The number of rotatable bonds is 7. The van der Waals surface area contributed by atoms with E-state index in [9.17, 15) is 14.4 Å². The fraction of sp³-hybridized carbons (Fsp3) is 0.308. The number of carboxylic acid groups (broad SMARTS) is 1. The summed E-state index contributed by atoms with van der Waals surface area (Å²) >= 11 is 0. The fourth-order valence-corrected chi connectivity index (χ4v) is 1.52. The summed E-state index contributed by atoms with van der Waals surface area (Å²) in [4.78, 5) is 32.7. The number of urea groups is 1. The number of ether oxygens (including phenoxy) is 1. The maximum Gasteiger partial charge on any atom is 0.341 e. The Kier molecular flexibility index (Phi) is 5.99. The maximum atomic E-state index is 11.6.